The molecule has 57 heavy (non-hydrogen) atoms. The third kappa shape index (κ3) is 6.27. The first-order chi connectivity index (χ1) is 27.5. The molecule has 5 fully saturated rings. The number of piperidine rings is 2. The zero-order valence-corrected chi connectivity index (χ0v) is 31.4. The molecule has 6 aliphatic heterocycles. The smallest absolute Gasteiger partial charge is 0.269 e. The summed E-state index contributed by atoms with van der Waals surface area (Å²) in [4.78, 5) is 60.3. The lowest BCUT2D eigenvalue weighted by atomic mass is 9.66. The van der Waals surface area contributed by atoms with Crippen molar-refractivity contribution < 1.29 is 33.1 Å². The van der Waals surface area contributed by atoms with Gasteiger partial charge in [-0.2, -0.15) is 0 Å². The van der Waals surface area contributed by atoms with Gasteiger partial charge in [0.1, 0.15) is 11.8 Å². The molecule has 14 nitrogen and oxygen atoms in total. The molecule has 4 saturated heterocycles. The van der Waals surface area contributed by atoms with Crippen LogP contribution in [0.15, 0.2) is 48.5 Å². The van der Waals surface area contributed by atoms with Gasteiger partial charge in [-0.05, 0) is 73.4 Å². The average molecular weight is 782 g/mol. The number of alkyl halides is 2. The van der Waals surface area contributed by atoms with Crippen molar-refractivity contribution in [1.82, 2.24) is 30.2 Å². The van der Waals surface area contributed by atoms with Crippen molar-refractivity contribution in [2.24, 2.45) is 23.7 Å². The van der Waals surface area contributed by atoms with Gasteiger partial charge in [-0.15, -0.1) is 10.2 Å². The van der Waals surface area contributed by atoms with Gasteiger partial charge in [-0.25, -0.2) is 8.78 Å². The van der Waals surface area contributed by atoms with E-state index >= 15 is 8.78 Å². The van der Waals surface area contributed by atoms with Crippen LogP contribution in [0, 0.1) is 23.7 Å². The maximum atomic E-state index is 15.9. The lowest BCUT2D eigenvalue weighted by Gasteiger charge is -2.49. The van der Waals surface area contributed by atoms with Gasteiger partial charge < -0.3 is 25.1 Å². The highest BCUT2D eigenvalue weighted by molar-refractivity contribution is 6.23. The summed E-state index contributed by atoms with van der Waals surface area (Å²) in [6.07, 6.45) is 1.50. The van der Waals surface area contributed by atoms with E-state index in [0.29, 0.717) is 54.2 Å². The number of aromatic nitrogens is 2. The number of hydrogen-bond donors (Lipinski definition) is 3. The minimum atomic E-state index is -2.95. The second-order valence-corrected chi connectivity index (χ2v) is 17.0. The third-order valence-electron chi connectivity index (χ3n) is 13.6. The number of benzene rings is 2. The summed E-state index contributed by atoms with van der Waals surface area (Å²) in [5.74, 6) is -3.57. The van der Waals surface area contributed by atoms with Crippen molar-refractivity contribution in [2.75, 3.05) is 80.6 Å². The molecule has 5 unspecified atom stereocenters. The maximum Gasteiger partial charge on any atom is 0.269 e. The Morgan fingerprint density at radius 1 is 0.860 bits per heavy atom. The quantitative estimate of drug-likeness (QED) is 0.302. The number of carbonyl (C=O) groups excluding carboxylic acids is 4. The molecule has 2 aromatic carbocycles. The summed E-state index contributed by atoms with van der Waals surface area (Å²) in [6, 6.07) is 12.9. The number of phenols is 1. The third-order valence-corrected chi connectivity index (χ3v) is 13.6. The summed E-state index contributed by atoms with van der Waals surface area (Å²) in [7, 11) is 0. The SMILES string of the molecule is O=C1CCC(N2C(=O)c3ccc(N4CCC(CN5CC6CC(CN7CCN8c9cc(-c%10ccccc%10O)nnc9NC[C@H]8C7)C6C5)C(F)(F)C4)cc3C2=O)C(=O)N1. The number of amides is 4. The number of phenolic OH excluding ortho intramolecular Hbond substituents is 1. The summed E-state index contributed by atoms with van der Waals surface area (Å²) < 4.78 is 31.8. The molecule has 1 aromatic heterocycles. The molecule has 0 radical (unpaired) electrons. The van der Waals surface area contributed by atoms with Gasteiger partial charge in [-0.3, -0.25) is 34.3 Å². The van der Waals surface area contributed by atoms with E-state index in [1.165, 1.54) is 12.1 Å². The Labute approximate surface area is 328 Å². The molecular formula is C41H45F2N9O5. The fourth-order valence-electron chi connectivity index (χ4n) is 10.6. The van der Waals surface area contributed by atoms with Crippen LogP contribution < -0.4 is 20.4 Å². The van der Waals surface area contributed by atoms with Gasteiger partial charge in [0.25, 0.3) is 17.7 Å². The molecule has 4 amide bonds. The minimum Gasteiger partial charge on any atom is -0.507 e. The Kier molecular flexibility index (Phi) is 8.70. The van der Waals surface area contributed by atoms with Crippen LogP contribution in [0.5, 0.6) is 5.75 Å². The highest BCUT2D eigenvalue weighted by Gasteiger charge is 2.51. The summed E-state index contributed by atoms with van der Waals surface area (Å²) in [5, 5.41) is 24.9. The van der Waals surface area contributed by atoms with E-state index in [0.717, 1.165) is 68.6 Å². The summed E-state index contributed by atoms with van der Waals surface area (Å²) >= 11 is 0. The standard InChI is InChI=1S/C41H45F2N9O5/c42-41(43)22-50(26-5-6-28-30(14-26)40(57)52(39(28)56)33-7-8-36(54)45-38(33)55)10-9-25(41)19-49-18-24-13-23(31(24)21-49)17-48-11-12-51-27(20-48)16-44-37-34(51)15-32(46-47-37)29-3-1-2-4-35(29)53/h1-6,14-15,23-25,27,31,33,53H,7-13,16-22H2,(H,44,47)(H,45,54,55)/t23?,24?,25?,27-,31?,33?/m0/s1. The van der Waals surface area contributed by atoms with Gasteiger partial charge in [-0.1, -0.05) is 12.1 Å². The summed E-state index contributed by atoms with van der Waals surface area (Å²) in [6.45, 7) is 6.50. The van der Waals surface area contributed by atoms with Crippen LogP contribution >= 0.6 is 0 Å². The van der Waals surface area contributed by atoms with Crippen LogP contribution in [-0.2, 0) is 9.59 Å². The van der Waals surface area contributed by atoms with Crippen LogP contribution in [0.4, 0.5) is 26.0 Å². The Hall–Kier alpha value is -5.22. The van der Waals surface area contributed by atoms with E-state index in [2.05, 4.69) is 35.5 Å². The molecule has 7 heterocycles. The molecule has 16 heteroatoms. The number of hydrogen-bond acceptors (Lipinski definition) is 12. The number of likely N-dealkylation sites (tertiary alicyclic amines) is 1. The first-order valence-corrected chi connectivity index (χ1v) is 20.1. The number of nitrogens with zero attached hydrogens (tertiary/aromatic N) is 7. The van der Waals surface area contributed by atoms with Crippen molar-refractivity contribution in [3.63, 3.8) is 0 Å². The lowest BCUT2D eigenvalue weighted by molar-refractivity contribution is -0.136. The Morgan fingerprint density at radius 2 is 1.70 bits per heavy atom. The molecule has 3 N–H and O–H groups in total. The van der Waals surface area contributed by atoms with Crippen molar-refractivity contribution in [3.05, 3.63) is 59.7 Å². The number of carbonyl (C=O) groups is 4. The van der Waals surface area contributed by atoms with Crippen LogP contribution in [-0.4, -0.2) is 137 Å². The highest BCUT2D eigenvalue weighted by Crippen LogP contribution is 2.48. The fourth-order valence-corrected chi connectivity index (χ4v) is 10.6. The molecule has 6 atom stereocenters. The van der Waals surface area contributed by atoms with E-state index in [-0.39, 0.29) is 35.8 Å². The predicted molar refractivity (Wildman–Crippen MR) is 205 cm³/mol. The van der Waals surface area contributed by atoms with E-state index in [1.807, 2.05) is 18.2 Å². The van der Waals surface area contributed by atoms with Crippen LogP contribution in [0.3, 0.4) is 0 Å². The van der Waals surface area contributed by atoms with E-state index in [4.69, 9.17) is 0 Å². The molecule has 7 aliphatic rings. The van der Waals surface area contributed by atoms with Gasteiger partial charge in [0, 0.05) is 82.5 Å². The molecule has 1 saturated carbocycles. The van der Waals surface area contributed by atoms with Crippen LogP contribution in [0.25, 0.3) is 11.3 Å². The van der Waals surface area contributed by atoms with Crippen molar-refractivity contribution in [3.8, 4) is 17.0 Å². The van der Waals surface area contributed by atoms with Crippen LogP contribution in [0.2, 0.25) is 0 Å². The molecular weight excluding hydrogens is 737 g/mol. The number of fused-ring (bicyclic) bond motifs is 5. The number of para-hydroxylation sites is 1. The molecule has 0 bridgehead atoms. The Balaban J connectivity index is 0.726. The van der Waals surface area contributed by atoms with Crippen molar-refractivity contribution >= 4 is 40.8 Å². The molecule has 0 spiro atoms. The zero-order valence-electron chi connectivity index (χ0n) is 31.4. The summed E-state index contributed by atoms with van der Waals surface area (Å²) in [5.41, 5.74) is 2.97. The largest absolute Gasteiger partial charge is 0.507 e. The number of imide groups is 2. The lowest BCUT2D eigenvalue weighted by Crippen LogP contribution is -2.59. The number of piperazine rings is 1. The number of aromatic hydroxyl groups is 1. The topological polar surface area (TPSA) is 155 Å². The molecule has 1 aliphatic carbocycles. The Bertz CT molecular complexity index is 2170. The number of halogens is 2. The fraction of sp³-hybridized carbons (Fsp3) is 0.512. The predicted octanol–water partition coefficient (Wildman–Crippen LogP) is 2.90. The van der Waals surface area contributed by atoms with E-state index in [1.54, 1.807) is 23.1 Å². The van der Waals surface area contributed by atoms with Crippen LogP contribution in [0.1, 0.15) is 46.4 Å². The number of anilines is 3. The van der Waals surface area contributed by atoms with Gasteiger partial charge in [0.05, 0.1) is 35.1 Å². The molecule has 298 valence electrons. The second-order valence-electron chi connectivity index (χ2n) is 17.0. The monoisotopic (exact) mass is 781 g/mol. The van der Waals surface area contributed by atoms with Crippen molar-refractivity contribution in [1.29, 1.82) is 0 Å². The first kappa shape index (κ1) is 36.1. The molecule has 3 aromatic rings. The van der Waals surface area contributed by atoms with Gasteiger partial charge >= 0.3 is 0 Å². The average Bonchev–Trinajstić information content (AvgIpc) is 3.65. The first-order valence-electron chi connectivity index (χ1n) is 20.1. The maximum absolute atomic E-state index is 15.9. The molecule has 10 rings (SSSR count). The van der Waals surface area contributed by atoms with Crippen molar-refractivity contribution in [2.45, 2.75) is 43.7 Å². The van der Waals surface area contributed by atoms with E-state index < -0.39 is 48.1 Å². The number of rotatable bonds is 7. The number of nitrogens with one attached hydrogen (secondary N) is 2. The van der Waals surface area contributed by atoms with Gasteiger partial charge in [0.2, 0.25) is 11.8 Å². The second kappa shape index (κ2) is 13.7. The Morgan fingerprint density at radius 3 is 2.53 bits per heavy atom. The van der Waals surface area contributed by atoms with Gasteiger partial charge in [0.15, 0.2) is 5.82 Å². The van der Waals surface area contributed by atoms with E-state index in [9.17, 15) is 24.3 Å². The minimum absolute atomic E-state index is 0.0210. The highest BCUT2D eigenvalue weighted by atomic mass is 19.3. The normalized spacial score (nSPS) is 29.6. The zero-order chi connectivity index (χ0) is 39.2.